The third-order valence-corrected chi connectivity index (χ3v) is 4.41. The van der Waals surface area contributed by atoms with E-state index in [1.807, 2.05) is 0 Å². The Morgan fingerprint density at radius 3 is 2.45 bits per heavy atom. The molecule has 1 heterocycles. The normalized spacial score (nSPS) is 10.9. The van der Waals surface area contributed by atoms with E-state index in [9.17, 15) is 25.0 Å². The SMILES string of the molecule is N#CC(=Cc1ccc(-c2ccc([N+](=O)[O-])cc2Cl)o1)C(=O)Nc1ccc(C(=O)O)cc1. The standard InChI is InChI=1S/C21H12ClN3O6/c22-18-10-15(25(29)30)5-7-17(18)19-8-6-16(31-19)9-13(11-23)20(26)24-14-3-1-12(2-4-14)21(27)28/h1-10H,(H,24,26)(H,27,28). The highest BCUT2D eigenvalue weighted by Crippen LogP contribution is 2.32. The zero-order valence-corrected chi connectivity index (χ0v) is 16.3. The minimum Gasteiger partial charge on any atom is -0.478 e. The van der Waals surface area contributed by atoms with Crippen molar-refractivity contribution in [3.05, 3.63) is 86.6 Å². The summed E-state index contributed by atoms with van der Waals surface area (Å²) in [6.45, 7) is 0. The van der Waals surface area contributed by atoms with Gasteiger partial charge in [0.15, 0.2) is 0 Å². The van der Waals surface area contributed by atoms with Crippen LogP contribution in [0, 0.1) is 21.4 Å². The molecule has 0 saturated heterocycles. The first-order chi connectivity index (χ1) is 14.8. The fourth-order valence-electron chi connectivity index (χ4n) is 2.58. The number of nitrogens with zero attached hydrogens (tertiary/aromatic N) is 2. The van der Waals surface area contributed by atoms with Crippen LogP contribution < -0.4 is 5.32 Å². The number of halogens is 1. The lowest BCUT2D eigenvalue weighted by molar-refractivity contribution is -0.384. The van der Waals surface area contributed by atoms with E-state index in [2.05, 4.69) is 5.32 Å². The summed E-state index contributed by atoms with van der Waals surface area (Å²) in [5.41, 5.74) is 0.364. The predicted molar refractivity (Wildman–Crippen MR) is 111 cm³/mol. The topological polar surface area (TPSA) is 146 Å². The summed E-state index contributed by atoms with van der Waals surface area (Å²) < 4.78 is 5.60. The number of hydrogen-bond acceptors (Lipinski definition) is 6. The van der Waals surface area contributed by atoms with Gasteiger partial charge in [-0.25, -0.2) is 4.79 Å². The Kier molecular flexibility index (Phi) is 6.14. The summed E-state index contributed by atoms with van der Waals surface area (Å²) in [6.07, 6.45) is 1.23. The number of aromatic carboxylic acids is 1. The van der Waals surface area contributed by atoms with Crippen molar-refractivity contribution < 1.29 is 24.0 Å². The van der Waals surface area contributed by atoms with Crippen LogP contribution in [0.1, 0.15) is 16.1 Å². The van der Waals surface area contributed by atoms with Gasteiger partial charge in [0.05, 0.1) is 15.5 Å². The largest absolute Gasteiger partial charge is 0.478 e. The van der Waals surface area contributed by atoms with Gasteiger partial charge in [-0.1, -0.05) is 11.6 Å². The highest BCUT2D eigenvalue weighted by molar-refractivity contribution is 6.33. The van der Waals surface area contributed by atoms with Gasteiger partial charge < -0.3 is 14.8 Å². The minimum atomic E-state index is -1.10. The third kappa shape index (κ3) is 4.95. The molecule has 0 unspecified atom stereocenters. The van der Waals surface area contributed by atoms with E-state index in [4.69, 9.17) is 21.1 Å². The number of hydrogen-bond donors (Lipinski definition) is 2. The number of nitrogens with one attached hydrogen (secondary N) is 1. The maximum absolute atomic E-state index is 12.4. The molecule has 0 aliphatic carbocycles. The van der Waals surface area contributed by atoms with Gasteiger partial charge in [-0.05, 0) is 42.5 Å². The second-order valence-corrected chi connectivity index (χ2v) is 6.54. The molecule has 0 bridgehead atoms. The molecule has 2 aromatic carbocycles. The minimum absolute atomic E-state index is 0.0575. The molecule has 1 aromatic heterocycles. The summed E-state index contributed by atoms with van der Waals surface area (Å²) in [6, 6.07) is 14.2. The second-order valence-electron chi connectivity index (χ2n) is 6.13. The maximum Gasteiger partial charge on any atom is 0.335 e. The summed E-state index contributed by atoms with van der Waals surface area (Å²) in [5, 5.41) is 31.6. The van der Waals surface area contributed by atoms with Gasteiger partial charge in [-0.3, -0.25) is 14.9 Å². The Hall–Kier alpha value is -4.42. The van der Waals surface area contributed by atoms with Crippen LogP contribution in [0.4, 0.5) is 11.4 Å². The van der Waals surface area contributed by atoms with Gasteiger partial charge in [-0.2, -0.15) is 5.26 Å². The molecule has 1 amide bonds. The van der Waals surface area contributed by atoms with Crippen LogP contribution >= 0.6 is 11.6 Å². The Labute approximate surface area is 179 Å². The molecule has 0 saturated carbocycles. The Morgan fingerprint density at radius 1 is 1.16 bits per heavy atom. The number of furan rings is 1. The van der Waals surface area contributed by atoms with Crippen LogP contribution in [0.2, 0.25) is 5.02 Å². The molecule has 154 valence electrons. The molecular weight excluding hydrogens is 426 g/mol. The highest BCUT2D eigenvalue weighted by atomic mass is 35.5. The summed E-state index contributed by atoms with van der Waals surface area (Å²) >= 11 is 6.09. The van der Waals surface area contributed by atoms with Gasteiger partial charge in [0.2, 0.25) is 0 Å². The lowest BCUT2D eigenvalue weighted by Crippen LogP contribution is -2.13. The molecule has 0 atom stereocenters. The summed E-state index contributed by atoms with van der Waals surface area (Å²) in [5.74, 6) is -1.32. The van der Waals surface area contributed by atoms with Crippen molar-refractivity contribution in [2.45, 2.75) is 0 Å². The molecule has 10 heteroatoms. The molecule has 3 aromatic rings. The Bertz CT molecular complexity index is 1250. The van der Waals surface area contributed by atoms with Gasteiger partial charge >= 0.3 is 5.97 Å². The molecule has 2 N–H and O–H groups in total. The average Bonchev–Trinajstić information content (AvgIpc) is 3.20. The van der Waals surface area contributed by atoms with E-state index < -0.39 is 16.8 Å². The van der Waals surface area contributed by atoms with E-state index in [0.717, 1.165) is 0 Å². The second kappa shape index (κ2) is 8.94. The molecule has 31 heavy (non-hydrogen) atoms. The number of carboxylic acids is 1. The van der Waals surface area contributed by atoms with E-state index in [1.54, 1.807) is 12.1 Å². The van der Waals surface area contributed by atoms with Crippen LogP contribution in [-0.4, -0.2) is 21.9 Å². The van der Waals surface area contributed by atoms with E-state index in [0.29, 0.717) is 17.0 Å². The van der Waals surface area contributed by atoms with Crippen molar-refractivity contribution in [3.8, 4) is 17.4 Å². The van der Waals surface area contributed by atoms with Gasteiger partial charge in [0.1, 0.15) is 23.2 Å². The van der Waals surface area contributed by atoms with Crippen LogP contribution in [0.15, 0.2) is 64.6 Å². The maximum atomic E-state index is 12.4. The quantitative estimate of drug-likeness (QED) is 0.244. The number of nitro groups is 1. The molecule has 0 aliphatic rings. The van der Waals surface area contributed by atoms with Crippen LogP contribution in [0.3, 0.4) is 0 Å². The number of non-ortho nitro benzene ring substituents is 1. The lowest BCUT2D eigenvalue weighted by Gasteiger charge is -2.04. The van der Waals surface area contributed by atoms with Gasteiger partial charge in [0.25, 0.3) is 11.6 Å². The van der Waals surface area contributed by atoms with Crippen molar-refractivity contribution in [1.29, 1.82) is 5.26 Å². The molecule has 0 fully saturated rings. The fourth-order valence-corrected chi connectivity index (χ4v) is 2.85. The third-order valence-electron chi connectivity index (χ3n) is 4.10. The van der Waals surface area contributed by atoms with Gasteiger partial charge in [-0.15, -0.1) is 0 Å². The molecule has 0 aliphatic heterocycles. The van der Waals surface area contributed by atoms with E-state index >= 15 is 0 Å². The van der Waals surface area contributed by atoms with Crippen LogP contribution in [-0.2, 0) is 4.79 Å². The number of nitriles is 1. The smallest absolute Gasteiger partial charge is 0.335 e. The Morgan fingerprint density at radius 2 is 1.87 bits per heavy atom. The fraction of sp³-hybridized carbons (Fsp3) is 0. The first-order valence-electron chi connectivity index (χ1n) is 8.59. The first kappa shape index (κ1) is 21.3. The number of amides is 1. The highest BCUT2D eigenvalue weighted by Gasteiger charge is 2.15. The van der Waals surface area contributed by atoms with Crippen molar-refractivity contribution in [3.63, 3.8) is 0 Å². The number of carbonyl (C=O) groups is 2. The average molecular weight is 438 g/mol. The Balaban J connectivity index is 1.79. The van der Waals surface area contributed by atoms with Crippen LogP contribution in [0.5, 0.6) is 0 Å². The monoisotopic (exact) mass is 437 g/mol. The van der Waals surface area contributed by atoms with Crippen molar-refractivity contribution >= 4 is 40.9 Å². The van der Waals surface area contributed by atoms with Crippen molar-refractivity contribution in [1.82, 2.24) is 0 Å². The molecule has 9 nitrogen and oxygen atoms in total. The molecule has 0 spiro atoms. The predicted octanol–water partition coefficient (Wildman–Crippen LogP) is 4.75. The molecule has 3 rings (SSSR count). The first-order valence-corrected chi connectivity index (χ1v) is 8.97. The summed E-state index contributed by atoms with van der Waals surface area (Å²) in [7, 11) is 0. The number of rotatable bonds is 6. The van der Waals surface area contributed by atoms with Crippen LogP contribution in [0.25, 0.3) is 17.4 Å². The van der Waals surface area contributed by atoms with E-state index in [-0.39, 0.29) is 27.6 Å². The van der Waals surface area contributed by atoms with Crippen molar-refractivity contribution in [2.24, 2.45) is 0 Å². The number of carboxylic acid groups (broad SMARTS) is 1. The zero-order valence-electron chi connectivity index (χ0n) is 15.5. The molecule has 0 radical (unpaired) electrons. The molecular formula is C21H12ClN3O6. The number of anilines is 1. The number of nitro benzene ring substituents is 1. The lowest BCUT2D eigenvalue weighted by atomic mass is 10.1. The number of carbonyl (C=O) groups excluding carboxylic acids is 1. The number of benzene rings is 2. The van der Waals surface area contributed by atoms with E-state index in [1.165, 1.54) is 54.6 Å². The zero-order chi connectivity index (χ0) is 22.5. The van der Waals surface area contributed by atoms with Crippen molar-refractivity contribution in [2.75, 3.05) is 5.32 Å². The summed E-state index contributed by atoms with van der Waals surface area (Å²) in [4.78, 5) is 33.5. The van der Waals surface area contributed by atoms with Gasteiger partial charge in [0, 0.05) is 29.5 Å².